The number of rotatable bonds is 6. The third-order valence-electron chi connectivity index (χ3n) is 5.41. The molecule has 0 aliphatic heterocycles. The average molecular weight is 427 g/mol. The fourth-order valence-corrected chi connectivity index (χ4v) is 9.45. The first-order valence-electron chi connectivity index (χ1n) is 9.49. The number of aryl methyl sites for hydroxylation is 3. The summed E-state index contributed by atoms with van der Waals surface area (Å²) in [7, 11) is 2.23. The fourth-order valence-electron chi connectivity index (χ4n) is 3.88. The Balaban J connectivity index is 2.33. The van der Waals surface area contributed by atoms with E-state index in [0.29, 0.717) is 0 Å². The Morgan fingerprint density at radius 3 is 1.03 bits per heavy atom. The lowest BCUT2D eigenvalue weighted by atomic mass is 10.2. The number of ether oxygens (including phenoxy) is 3. The van der Waals surface area contributed by atoms with Gasteiger partial charge in [-0.15, -0.1) is 11.1 Å². The Hall–Kier alpha value is -2.43. The van der Waals surface area contributed by atoms with Gasteiger partial charge in [-0.1, -0.05) is 18.2 Å². The lowest BCUT2D eigenvalue weighted by Gasteiger charge is -2.31. The Bertz CT molecular complexity index is 903. The quantitative estimate of drug-likeness (QED) is 0.340. The molecule has 0 unspecified atom stereocenters. The molecule has 0 amide bonds. The van der Waals surface area contributed by atoms with Gasteiger partial charge in [-0.25, -0.2) is 0 Å². The van der Waals surface area contributed by atoms with Crippen LogP contribution in [-0.4, -0.2) is 28.7 Å². The van der Waals surface area contributed by atoms with Crippen LogP contribution in [0.15, 0.2) is 54.6 Å². The van der Waals surface area contributed by atoms with Crippen LogP contribution in [0.3, 0.4) is 0 Å². The van der Waals surface area contributed by atoms with Crippen LogP contribution >= 0.6 is 11.1 Å². The van der Waals surface area contributed by atoms with Crippen LogP contribution in [-0.2, 0) is 0 Å². The standard InChI is InChI=1S/C24H27ClO3Si/c1-16-13-19(26-4)7-10-22(16)29(25,23-11-8-20(27-5)14-17(23)2)24-12-9-21(28-6)15-18(24)3/h7-15H,1-6H3. The first-order valence-corrected chi connectivity index (χ1v) is 12.5. The summed E-state index contributed by atoms with van der Waals surface area (Å²) in [6.45, 7) is 6.29. The van der Waals surface area contributed by atoms with E-state index in [1.807, 2.05) is 18.2 Å². The van der Waals surface area contributed by atoms with E-state index in [2.05, 4.69) is 57.2 Å². The van der Waals surface area contributed by atoms with E-state index >= 15 is 0 Å². The van der Waals surface area contributed by atoms with Gasteiger partial charge in [-0.3, -0.25) is 0 Å². The SMILES string of the molecule is COc1ccc([Si](Cl)(c2ccc(OC)cc2C)c2ccc(OC)cc2C)c(C)c1. The summed E-state index contributed by atoms with van der Waals surface area (Å²) in [5.41, 5.74) is 3.37. The summed E-state index contributed by atoms with van der Waals surface area (Å²) in [4.78, 5) is 0. The Morgan fingerprint density at radius 2 is 0.828 bits per heavy atom. The highest BCUT2D eigenvalue weighted by atomic mass is 35.6. The third-order valence-corrected chi connectivity index (χ3v) is 11.2. The predicted octanol–water partition coefficient (Wildman–Crippen LogP) is 3.84. The Kier molecular flexibility index (Phi) is 6.25. The predicted molar refractivity (Wildman–Crippen MR) is 124 cm³/mol. The highest BCUT2D eigenvalue weighted by Gasteiger charge is 2.41. The molecule has 0 radical (unpaired) electrons. The third kappa shape index (κ3) is 3.87. The second-order valence-electron chi connectivity index (χ2n) is 7.20. The van der Waals surface area contributed by atoms with Gasteiger partial charge in [0.2, 0.25) is 7.38 Å². The average Bonchev–Trinajstić information content (AvgIpc) is 2.72. The lowest BCUT2D eigenvalue weighted by molar-refractivity contribution is 0.414. The van der Waals surface area contributed by atoms with Crippen molar-refractivity contribution in [2.75, 3.05) is 21.3 Å². The van der Waals surface area contributed by atoms with Crippen molar-refractivity contribution >= 4 is 34.0 Å². The first kappa shape index (κ1) is 21.3. The minimum absolute atomic E-state index is 0.831. The van der Waals surface area contributed by atoms with Gasteiger partial charge < -0.3 is 14.2 Å². The largest absolute Gasteiger partial charge is 0.497 e. The second-order valence-corrected chi connectivity index (χ2v) is 11.8. The molecule has 0 heterocycles. The van der Waals surface area contributed by atoms with Gasteiger partial charge in [-0.05, 0) is 89.4 Å². The highest BCUT2D eigenvalue weighted by Crippen LogP contribution is 2.23. The van der Waals surface area contributed by atoms with Crippen LogP contribution in [0.1, 0.15) is 16.7 Å². The van der Waals surface area contributed by atoms with E-state index in [1.54, 1.807) is 21.3 Å². The zero-order valence-electron chi connectivity index (χ0n) is 17.8. The number of hydrogen-bond acceptors (Lipinski definition) is 3. The van der Waals surface area contributed by atoms with Crippen LogP contribution in [0.5, 0.6) is 17.2 Å². The van der Waals surface area contributed by atoms with E-state index < -0.39 is 7.38 Å². The van der Waals surface area contributed by atoms with E-state index in [1.165, 1.54) is 0 Å². The molecule has 3 rings (SSSR count). The molecule has 152 valence electrons. The summed E-state index contributed by atoms with van der Waals surface area (Å²) >= 11 is 7.73. The zero-order chi connectivity index (χ0) is 21.2. The molecule has 29 heavy (non-hydrogen) atoms. The Labute approximate surface area is 178 Å². The monoisotopic (exact) mass is 426 g/mol. The van der Waals surface area contributed by atoms with Crippen molar-refractivity contribution in [3.63, 3.8) is 0 Å². The Morgan fingerprint density at radius 1 is 0.552 bits per heavy atom. The smallest absolute Gasteiger partial charge is 0.248 e. The maximum atomic E-state index is 7.73. The molecule has 0 saturated heterocycles. The zero-order valence-corrected chi connectivity index (χ0v) is 19.6. The number of benzene rings is 3. The van der Waals surface area contributed by atoms with Crippen LogP contribution in [0.4, 0.5) is 0 Å². The van der Waals surface area contributed by atoms with E-state index in [0.717, 1.165) is 49.5 Å². The fraction of sp³-hybridized carbons (Fsp3) is 0.250. The molecule has 3 aromatic rings. The van der Waals surface area contributed by atoms with Crippen molar-refractivity contribution in [1.29, 1.82) is 0 Å². The van der Waals surface area contributed by atoms with Gasteiger partial charge in [0.15, 0.2) is 0 Å². The van der Waals surface area contributed by atoms with Crippen molar-refractivity contribution in [2.45, 2.75) is 20.8 Å². The normalized spacial score (nSPS) is 11.3. The molecule has 0 spiro atoms. The van der Waals surface area contributed by atoms with Gasteiger partial charge in [-0.2, -0.15) is 0 Å². The minimum Gasteiger partial charge on any atom is -0.497 e. The molecule has 0 N–H and O–H groups in total. The molecule has 5 heteroatoms. The van der Waals surface area contributed by atoms with E-state index in [4.69, 9.17) is 25.3 Å². The van der Waals surface area contributed by atoms with Gasteiger partial charge >= 0.3 is 0 Å². The van der Waals surface area contributed by atoms with Gasteiger partial charge in [0.1, 0.15) is 17.2 Å². The molecular weight excluding hydrogens is 400 g/mol. The summed E-state index contributed by atoms with van der Waals surface area (Å²) < 4.78 is 16.3. The maximum absolute atomic E-state index is 7.73. The van der Waals surface area contributed by atoms with Crippen molar-refractivity contribution in [3.8, 4) is 17.2 Å². The summed E-state index contributed by atoms with van der Waals surface area (Å²) in [6.07, 6.45) is 0. The van der Waals surface area contributed by atoms with Crippen molar-refractivity contribution in [2.24, 2.45) is 0 Å². The van der Waals surface area contributed by atoms with Crippen LogP contribution in [0, 0.1) is 20.8 Å². The molecule has 0 fully saturated rings. The molecule has 3 aromatic carbocycles. The van der Waals surface area contributed by atoms with Crippen LogP contribution in [0.25, 0.3) is 0 Å². The minimum atomic E-state index is -2.81. The molecule has 0 atom stereocenters. The molecular formula is C24H27ClO3Si. The van der Waals surface area contributed by atoms with Crippen LogP contribution < -0.4 is 29.8 Å². The molecule has 0 aliphatic carbocycles. The number of methoxy groups -OCH3 is 3. The maximum Gasteiger partial charge on any atom is 0.248 e. The topological polar surface area (TPSA) is 27.7 Å². The van der Waals surface area contributed by atoms with Gasteiger partial charge in [0.05, 0.1) is 21.3 Å². The summed E-state index contributed by atoms with van der Waals surface area (Å²) in [6, 6.07) is 18.5. The second kappa shape index (κ2) is 8.52. The van der Waals surface area contributed by atoms with Crippen molar-refractivity contribution in [1.82, 2.24) is 0 Å². The molecule has 3 nitrogen and oxygen atoms in total. The lowest BCUT2D eigenvalue weighted by Crippen LogP contribution is -2.65. The van der Waals surface area contributed by atoms with E-state index in [9.17, 15) is 0 Å². The first-order chi connectivity index (χ1) is 13.8. The van der Waals surface area contributed by atoms with Gasteiger partial charge in [0, 0.05) is 0 Å². The summed E-state index contributed by atoms with van der Waals surface area (Å²) in [5.74, 6) is 2.49. The molecule has 0 saturated carbocycles. The molecule has 0 aliphatic rings. The summed E-state index contributed by atoms with van der Waals surface area (Å²) in [5, 5.41) is 3.46. The van der Waals surface area contributed by atoms with Crippen molar-refractivity contribution < 1.29 is 14.2 Å². The number of halogens is 1. The highest BCUT2D eigenvalue weighted by molar-refractivity contribution is 7.40. The number of hydrogen-bond donors (Lipinski definition) is 0. The van der Waals surface area contributed by atoms with Gasteiger partial charge in [0.25, 0.3) is 0 Å². The van der Waals surface area contributed by atoms with E-state index in [-0.39, 0.29) is 0 Å². The van der Waals surface area contributed by atoms with Crippen molar-refractivity contribution in [3.05, 3.63) is 71.3 Å². The molecule has 0 bridgehead atoms. The molecule has 0 aromatic heterocycles. The van der Waals surface area contributed by atoms with Crippen LogP contribution in [0.2, 0.25) is 0 Å².